The van der Waals surface area contributed by atoms with Crippen LogP contribution < -0.4 is 0 Å². The molecule has 0 amide bonds. The number of aliphatic hydroxyl groups excluding tert-OH is 1. The van der Waals surface area contributed by atoms with Gasteiger partial charge in [-0.15, -0.1) is 0 Å². The molecule has 0 saturated heterocycles. The molecule has 98 valence electrons. The van der Waals surface area contributed by atoms with Crippen molar-refractivity contribution >= 4 is 26.5 Å². The Morgan fingerprint density at radius 1 is 1.28 bits per heavy atom. The second kappa shape index (κ2) is 4.57. The highest BCUT2D eigenvalue weighted by Gasteiger charge is 2.39. The lowest BCUT2D eigenvalue weighted by molar-refractivity contribution is 0.324. The Kier molecular flexibility index (Phi) is 3.40. The van der Waals surface area contributed by atoms with Crippen molar-refractivity contribution in [2.24, 2.45) is 0 Å². The number of benzene rings is 1. The van der Waals surface area contributed by atoms with Crippen LogP contribution in [0.4, 0.5) is 0 Å². The van der Waals surface area contributed by atoms with E-state index in [1.165, 1.54) is 4.31 Å². The van der Waals surface area contributed by atoms with Crippen LogP contribution in [0.3, 0.4) is 0 Å². The van der Waals surface area contributed by atoms with E-state index < -0.39 is 10.0 Å². The van der Waals surface area contributed by atoms with Gasteiger partial charge in [0.25, 0.3) is 0 Å². The molecule has 0 aliphatic carbocycles. The number of sulfonamides is 1. The predicted octanol–water partition coefficient (Wildman–Crippen LogP) is 2.62. The smallest absolute Gasteiger partial charge is 0.247 e. The summed E-state index contributed by atoms with van der Waals surface area (Å²) in [5.41, 5.74) is 0.458. The zero-order valence-electron chi connectivity index (χ0n) is 10.1. The Balaban J connectivity index is 2.51. The third-order valence-electron chi connectivity index (χ3n) is 2.82. The van der Waals surface area contributed by atoms with Crippen LogP contribution in [0.1, 0.15) is 19.4 Å². The average molecular weight is 288 g/mol. The normalized spacial score (nSPS) is 19.8. The van der Waals surface area contributed by atoms with Gasteiger partial charge in [-0.1, -0.05) is 23.7 Å². The largest absolute Gasteiger partial charge is 0.509 e. The molecule has 0 spiro atoms. The molecule has 6 heteroatoms. The molecule has 0 saturated carbocycles. The van der Waals surface area contributed by atoms with Crippen LogP contribution in [0.5, 0.6) is 0 Å². The van der Waals surface area contributed by atoms with Gasteiger partial charge in [-0.25, -0.2) is 8.42 Å². The van der Waals surface area contributed by atoms with E-state index in [2.05, 4.69) is 0 Å². The lowest BCUT2D eigenvalue weighted by Crippen LogP contribution is -2.33. The first-order valence-electron chi connectivity index (χ1n) is 5.54. The molecule has 1 N–H and O–H groups in total. The Bertz CT molecular complexity index is 590. The molecular formula is C12H14ClNO3S. The second-order valence-corrected chi connectivity index (χ2v) is 6.69. The molecule has 4 nitrogen and oxygen atoms in total. The van der Waals surface area contributed by atoms with Crippen LogP contribution in [0.2, 0.25) is 5.02 Å². The zero-order valence-corrected chi connectivity index (χ0v) is 11.7. The van der Waals surface area contributed by atoms with E-state index >= 15 is 0 Å². The van der Waals surface area contributed by atoms with E-state index in [0.29, 0.717) is 10.6 Å². The summed E-state index contributed by atoms with van der Waals surface area (Å²) in [6.07, 6.45) is 0. The summed E-state index contributed by atoms with van der Waals surface area (Å²) < 4.78 is 25.9. The van der Waals surface area contributed by atoms with Gasteiger partial charge in [0.2, 0.25) is 10.0 Å². The highest BCUT2D eigenvalue weighted by Crippen LogP contribution is 2.34. The standard InChI is InChI=1S/C12H14ClNO3S/c1-8(2)14-7-11(15)12(18(14,16)17)9-3-5-10(13)6-4-9/h3-6,8,15H,7H2,1-2H3. The van der Waals surface area contributed by atoms with E-state index in [9.17, 15) is 13.5 Å². The molecule has 18 heavy (non-hydrogen) atoms. The van der Waals surface area contributed by atoms with Crippen molar-refractivity contribution in [3.63, 3.8) is 0 Å². The Morgan fingerprint density at radius 3 is 2.28 bits per heavy atom. The zero-order chi connectivity index (χ0) is 13.5. The van der Waals surface area contributed by atoms with Gasteiger partial charge in [0.05, 0.1) is 6.54 Å². The number of hydrogen-bond donors (Lipinski definition) is 1. The quantitative estimate of drug-likeness (QED) is 0.910. The van der Waals surface area contributed by atoms with Crippen LogP contribution in [-0.2, 0) is 10.0 Å². The van der Waals surface area contributed by atoms with Gasteiger partial charge in [-0.3, -0.25) is 0 Å². The molecule has 1 heterocycles. The molecule has 0 radical (unpaired) electrons. The molecule has 1 aliphatic heterocycles. The van der Waals surface area contributed by atoms with E-state index in [1.54, 1.807) is 38.1 Å². The number of nitrogens with zero attached hydrogens (tertiary/aromatic N) is 1. The second-order valence-electron chi connectivity index (χ2n) is 4.43. The van der Waals surface area contributed by atoms with E-state index in [0.717, 1.165) is 0 Å². The Hall–Kier alpha value is -1.04. The first kappa shape index (κ1) is 13.4. The fourth-order valence-corrected chi connectivity index (χ4v) is 3.95. The molecule has 1 aromatic rings. The van der Waals surface area contributed by atoms with Crippen LogP contribution >= 0.6 is 11.6 Å². The number of halogens is 1. The van der Waals surface area contributed by atoms with E-state index in [1.807, 2.05) is 0 Å². The lowest BCUT2D eigenvalue weighted by Gasteiger charge is -2.19. The summed E-state index contributed by atoms with van der Waals surface area (Å²) in [7, 11) is -3.62. The highest BCUT2D eigenvalue weighted by molar-refractivity contribution is 7.98. The van der Waals surface area contributed by atoms with Crippen molar-refractivity contribution < 1.29 is 13.5 Å². The van der Waals surface area contributed by atoms with Crippen molar-refractivity contribution in [1.29, 1.82) is 0 Å². The van der Waals surface area contributed by atoms with Crippen LogP contribution in [0.25, 0.3) is 4.91 Å². The first-order valence-corrected chi connectivity index (χ1v) is 7.35. The maximum Gasteiger partial charge on any atom is 0.247 e. The van der Waals surface area contributed by atoms with Crippen LogP contribution in [0, 0.1) is 0 Å². The summed E-state index contributed by atoms with van der Waals surface area (Å²) in [6, 6.07) is 6.20. The monoisotopic (exact) mass is 287 g/mol. The molecule has 1 aromatic carbocycles. The minimum atomic E-state index is -3.62. The van der Waals surface area contributed by atoms with Crippen LogP contribution in [0.15, 0.2) is 30.0 Å². The fraction of sp³-hybridized carbons (Fsp3) is 0.333. The first-order chi connectivity index (χ1) is 8.34. The SMILES string of the molecule is CC(C)N1CC(O)=C(c2ccc(Cl)cc2)S1(=O)=O. The molecule has 0 atom stereocenters. The summed E-state index contributed by atoms with van der Waals surface area (Å²) in [6.45, 7) is 3.57. The maximum absolute atomic E-state index is 12.3. The molecule has 0 unspecified atom stereocenters. The van der Waals surface area contributed by atoms with Crippen molar-refractivity contribution in [3.05, 3.63) is 40.6 Å². The summed E-state index contributed by atoms with van der Waals surface area (Å²) in [5, 5.41) is 10.4. The lowest BCUT2D eigenvalue weighted by atomic mass is 10.2. The molecule has 0 bridgehead atoms. The highest BCUT2D eigenvalue weighted by atomic mass is 35.5. The van der Waals surface area contributed by atoms with E-state index in [4.69, 9.17) is 11.6 Å². The van der Waals surface area contributed by atoms with Gasteiger partial charge >= 0.3 is 0 Å². The predicted molar refractivity (Wildman–Crippen MR) is 71.8 cm³/mol. The van der Waals surface area contributed by atoms with Gasteiger partial charge in [-0.05, 0) is 31.5 Å². The number of rotatable bonds is 2. The van der Waals surface area contributed by atoms with Crippen molar-refractivity contribution in [2.75, 3.05) is 6.54 Å². The topological polar surface area (TPSA) is 57.6 Å². The Morgan fingerprint density at radius 2 is 1.83 bits per heavy atom. The number of aliphatic hydroxyl groups is 1. The Labute approximate surface area is 112 Å². The van der Waals surface area contributed by atoms with Crippen molar-refractivity contribution in [3.8, 4) is 0 Å². The van der Waals surface area contributed by atoms with Gasteiger partial charge in [0.1, 0.15) is 10.7 Å². The van der Waals surface area contributed by atoms with Gasteiger partial charge in [0.15, 0.2) is 0 Å². The van der Waals surface area contributed by atoms with Crippen molar-refractivity contribution in [2.45, 2.75) is 19.9 Å². The third kappa shape index (κ3) is 2.13. The third-order valence-corrected chi connectivity index (χ3v) is 5.22. The molecule has 1 aliphatic rings. The summed E-state index contributed by atoms with van der Waals surface area (Å²) >= 11 is 5.77. The van der Waals surface area contributed by atoms with Gasteiger partial charge in [-0.2, -0.15) is 4.31 Å². The molecule has 0 aromatic heterocycles. The minimum absolute atomic E-state index is 0.0205. The molecule has 0 fully saturated rings. The maximum atomic E-state index is 12.3. The van der Waals surface area contributed by atoms with Gasteiger partial charge < -0.3 is 5.11 Å². The summed E-state index contributed by atoms with van der Waals surface area (Å²) in [4.78, 5) is -0.0205. The van der Waals surface area contributed by atoms with E-state index in [-0.39, 0.29) is 23.3 Å². The van der Waals surface area contributed by atoms with Gasteiger partial charge in [0, 0.05) is 11.1 Å². The van der Waals surface area contributed by atoms with Crippen molar-refractivity contribution in [1.82, 2.24) is 4.31 Å². The fourth-order valence-electron chi connectivity index (χ4n) is 1.95. The molecule has 2 rings (SSSR count). The average Bonchev–Trinajstić information content (AvgIpc) is 2.51. The molecular weight excluding hydrogens is 274 g/mol. The van der Waals surface area contributed by atoms with Crippen LogP contribution in [-0.4, -0.2) is 30.4 Å². The minimum Gasteiger partial charge on any atom is -0.509 e. The number of hydrogen-bond acceptors (Lipinski definition) is 3. The summed E-state index contributed by atoms with van der Waals surface area (Å²) in [5.74, 6) is -0.119.